The molecule has 2 aromatic rings. The summed E-state index contributed by atoms with van der Waals surface area (Å²) >= 11 is 17.7. The van der Waals surface area contributed by atoms with Crippen LogP contribution in [0.1, 0.15) is 15.9 Å². The lowest BCUT2D eigenvalue weighted by Crippen LogP contribution is -1.95. The Morgan fingerprint density at radius 2 is 1.68 bits per heavy atom. The molecule has 0 unspecified atom stereocenters. The molecule has 0 bridgehead atoms. The van der Waals surface area contributed by atoms with E-state index < -0.39 is 0 Å². The van der Waals surface area contributed by atoms with Crippen LogP contribution in [0.2, 0.25) is 15.1 Å². The Balaban J connectivity index is 2.23. The van der Waals surface area contributed by atoms with Crippen molar-refractivity contribution >= 4 is 46.7 Å². The van der Waals surface area contributed by atoms with Gasteiger partial charge < -0.3 is 0 Å². The zero-order valence-corrected chi connectivity index (χ0v) is 12.0. The van der Waals surface area contributed by atoms with E-state index in [1.165, 1.54) is 6.08 Å². The number of benzene rings is 2. The number of hydrogen-bond acceptors (Lipinski definition) is 1. The highest BCUT2D eigenvalue weighted by Crippen LogP contribution is 2.21. The molecule has 0 aliphatic carbocycles. The van der Waals surface area contributed by atoms with E-state index in [1.807, 2.05) is 12.1 Å². The molecule has 2 aromatic carbocycles. The van der Waals surface area contributed by atoms with Crippen LogP contribution < -0.4 is 0 Å². The number of ketones is 1. The molecular formula is C15H9Cl3O. The standard InChI is InChI=1S/C15H9Cl3O/c16-11-3-1-2-10(8-11)4-7-15(19)13-9-12(17)5-6-14(13)18/h1-9H/b7-4+. The maximum Gasteiger partial charge on any atom is 0.187 e. The fourth-order valence-electron chi connectivity index (χ4n) is 1.56. The van der Waals surface area contributed by atoms with Gasteiger partial charge in [-0.15, -0.1) is 0 Å². The lowest BCUT2D eigenvalue weighted by Gasteiger charge is -2.00. The fourth-order valence-corrected chi connectivity index (χ4v) is 2.14. The SMILES string of the molecule is O=C(/C=C/c1cccc(Cl)c1)c1cc(Cl)ccc1Cl. The largest absolute Gasteiger partial charge is 0.289 e. The highest BCUT2D eigenvalue weighted by Gasteiger charge is 2.07. The van der Waals surface area contributed by atoms with Crippen molar-refractivity contribution in [3.63, 3.8) is 0 Å². The predicted octanol–water partition coefficient (Wildman–Crippen LogP) is 5.54. The third kappa shape index (κ3) is 3.84. The summed E-state index contributed by atoms with van der Waals surface area (Å²) in [5.41, 5.74) is 1.23. The van der Waals surface area contributed by atoms with Gasteiger partial charge in [-0.3, -0.25) is 4.79 Å². The van der Waals surface area contributed by atoms with Crippen molar-refractivity contribution in [3.05, 3.63) is 74.7 Å². The first-order valence-corrected chi connectivity index (χ1v) is 6.63. The molecule has 19 heavy (non-hydrogen) atoms. The lowest BCUT2D eigenvalue weighted by molar-refractivity contribution is 0.104. The number of carbonyl (C=O) groups is 1. The van der Waals surface area contributed by atoms with E-state index in [2.05, 4.69) is 0 Å². The van der Waals surface area contributed by atoms with E-state index in [0.717, 1.165) is 5.56 Å². The third-order valence-corrected chi connectivity index (χ3v) is 3.27. The maximum absolute atomic E-state index is 12.0. The molecule has 96 valence electrons. The van der Waals surface area contributed by atoms with Crippen molar-refractivity contribution in [2.75, 3.05) is 0 Å². The minimum Gasteiger partial charge on any atom is -0.289 e. The number of carbonyl (C=O) groups excluding carboxylic acids is 1. The van der Waals surface area contributed by atoms with Crippen LogP contribution in [0, 0.1) is 0 Å². The molecule has 0 aliphatic heterocycles. The van der Waals surface area contributed by atoms with Gasteiger partial charge in [0, 0.05) is 15.6 Å². The second-order valence-corrected chi connectivity index (χ2v) is 5.16. The van der Waals surface area contributed by atoms with Crippen molar-refractivity contribution in [2.24, 2.45) is 0 Å². The third-order valence-electron chi connectivity index (χ3n) is 2.47. The Bertz CT molecular complexity index is 648. The van der Waals surface area contributed by atoms with Gasteiger partial charge in [-0.25, -0.2) is 0 Å². The summed E-state index contributed by atoms with van der Waals surface area (Å²) < 4.78 is 0. The van der Waals surface area contributed by atoms with Crippen LogP contribution in [0.15, 0.2) is 48.5 Å². The first-order chi connectivity index (χ1) is 9.06. The molecule has 0 saturated heterocycles. The maximum atomic E-state index is 12.0. The lowest BCUT2D eigenvalue weighted by atomic mass is 10.1. The Morgan fingerprint density at radius 1 is 0.947 bits per heavy atom. The van der Waals surface area contributed by atoms with Crippen LogP contribution in [0.3, 0.4) is 0 Å². The van der Waals surface area contributed by atoms with Crippen molar-refractivity contribution < 1.29 is 4.79 Å². The molecule has 0 spiro atoms. The van der Waals surface area contributed by atoms with Crippen LogP contribution >= 0.6 is 34.8 Å². The molecule has 4 heteroatoms. The monoisotopic (exact) mass is 310 g/mol. The summed E-state index contributed by atoms with van der Waals surface area (Å²) in [5.74, 6) is -0.201. The van der Waals surface area contributed by atoms with Crippen LogP contribution in [-0.2, 0) is 0 Å². The molecule has 0 N–H and O–H groups in total. The first-order valence-electron chi connectivity index (χ1n) is 5.49. The van der Waals surface area contributed by atoms with Crippen molar-refractivity contribution in [2.45, 2.75) is 0 Å². The Labute approximate surface area is 126 Å². The Hall–Kier alpha value is -1.28. The summed E-state index contributed by atoms with van der Waals surface area (Å²) in [4.78, 5) is 12.0. The van der Waals surface area contributed by atoms with Gasteiger partial charge in [-0.1, -0.05) is 53.0 Å². The van der Waals surface area contributed by atoms with Crippen LogP contribution in [0.4, 0.5) is 0 Å². The second kappa shape index (κ2) is 6.25. The highest BCUT2D eigenvalue weighted by molar-refractivity contribution is 6.36. The number of rotatable bonds is 3. The van der Waals surface area contributed by atoms with Crippen LogP contribution in [-0.4, -0.2) is 5.78 Å². The summed E-state index contributed by atoms with van der Waals surface area (Å²) in [7, 11) is 0. The van der Waals surface area contributed by atoms with Gasteiger partial charge in [0.25, 0.3) is 0 Å². The molecule has 0 saturated carbocycles. The van der Waals surface area contributed by atoms with Gasteiger partial charge in [-0.05, 0) is 42.0 Å². The van der Waals surface area contributed by atoms with Crippen molar-refractivity contribution in [1.82, 2.24) is 0 Å². The van der Waals surface area contributed by atoms with Gasteiger partial charge in [0.1, 0.15) is 0 Å². The normalized spacial score (nSPS) is 10.9. The van der Waals surface area contributed by atoms with E-state index in [9.17, 15) is 4.79 Å². The molecule has 1 nitrogen and oxygen atoms in total. The summed E-state index contributed by atoms with van der Waals surface area (Å²) in [6.07, 6.45) is 3.13. The minimum absolute atomic E-state index is 0.201. The average molecular weight is 312 g/mol. The molecule has 0 aliphatic rings. The van der Waals surface area contributed by atoms with E-state index in [4.69, 9.17) is 34.8 Å². The molecular weight excluding hydrogens is 303 g/mol. The number of hydrogen-bond donors (Lipinski definition) is 0. The molecule has 0 aromatic heterocycles. The van der Waals surface area contributed by atoms with E-state index in [-0.39, 0.29) is 5.78 Å². The summed E-state index contributed by atoms with van der Waals surface area (Å²) in [5, 5.41) is 1.48. The Kier molecular flexibility index (Phi) is 4.65. The van der Waals surface area contributed by atoms with Gasteiger partial charge in [0.2, 0.25) is 0 Å². The number of allylic oxidation sites excluding steroid dienone is 1. The molecule has 0 amide bonds. The zero-order valence-electron chi connectivity index (χ0n) is 9.74. The summed E-state index contributed by atoms with van der Waals surface area (Å²) in [6, 6.07) is 12.0. The Morgan fingerprint density at radius 3 is 2.42 bits per heavy atom. The highest BCUT2D eigenvalue weighted by atomic mass is 35.5. The quantitative estimate of drug-likeness (QED) is 0.537. The first kappa shape index (κ1) is 14.1. The molecule has 0 heterocycles. The predicted molar refractivity (Wildman–Crippen MR) is 81.3 cm³/mol. The molecule has 0 fully saturated rings. The van der Waals surface area contributed by atoms with E-state index in [0.29, 0.717) is 20.6 Å². The van der Waals surface area contributed by atoms with Gasteiger partial charge in [0.05, 0.1) is 5.02 Å². The molecule has 2 rings (SSSR count). The zero-order chi connectivity index (χ0) is 13.8. The van der Waals surface area contributed by atoms with E-state index >= 15 is 0 Å². The van der Waals surface area contributed by atoms with E-state index in [1.54, 1.807) is 36.4 Å². The van der Waals surface area contributed by atoms with Crippen LogP contribution in [0.5, 0.6) is 0 Å². The van der Waals surface area contributed by atoms with Gasteiger partial charge >= 0.3 is 0 Å². The second-order valence-electron chi connectivity index (χ2n) is 3.88. The van der Waals surface area contributed by atoms with Gasteiger partial charge in [-0.2, -0.15) is 0 Å². The fraction of sp³-hybridized carbons (Fsp3) is 0. The molecule has 0 atom stereocenters. The summed E-state index contributed by atoms with van der Waals surface area (Å²) in [6.45, 7) is 0. The topological polar surface area (TPSA) is 17.1 Å². The van der Waals surface area contributed by atoms with Crippen LogP contribution in [0.25, 0.3) is 6.08 Å². The van der Waals surface area contributed by atoms with Crippen molar-refractivity contribution in [1.29, 1.82) is 0 Å². The van der Waals surface area contributed by atoms with Crippen molar-refractivity contribution in [3.8, 4) is 0 Å². The smallest absolute Gasteiger partial charge is 0.187 e. The number of halogens is 3. The average Bonchev–Trinajstić information content (AvgIpc) is 2.39. The minimum atomic E-state index is -0.201. The van der Waals surface area contributed by atoms with Gasteiger partial charge in [0.15, 0.2) is 5.78 Å². The molecule has 0 radical (unpaired) electrons.